The van der Waals surface area contributed by atoms with Crippen molar-refractivity contribution in [2.45, 2.75) is 6.42 Å². The summed E-state index contributed by atoms with van der Waals surface area (Å²) in [5.41, 5.74) is 2.00. The van der Waals surface area contributed by atoms with Gasteiger partial charge in [0.1, 0.15) is 5.75 Å². The van der Waals surface area contributed by atoms with E-state index in [0.29, 0.717) is 20.3 Å². The van der Waals surface area contributed by atoms with E-state index in [1.54, 1.807) is 12.1 Å². The zero-order chi connectivity index (χ0) is 12.1. The highest BCUT2D eigenvalue weighted by atomic mass is 79.9. The highest BCUT2D eigenvalue weighted by Gasteiger charge is 2.07. The van der Waals surface area contributed by atoms with Crippen LogP contribution in [0.1, 0.15) is 6.42 Å². The maximum Gasteiger partial charge on any atom is 0.237 e. The van der Waals surface area contributed by atoms with E-state index in [1.807, 2.05) is 5.43 Å². The molecule has 0 aliphatic heterocycles. The predicted octanol–water partition coefficient (Wildman–Crippen LogP) is 2.51. The van der Waals surface area contributed by atoms with Gasteiger partial charge in [-0.3, -0.25) is 10.2 Å². The molecule has 0 aliphatic carbocycles. The summed E-state index contributed by atoms with van der Waals surface area (Å²) in [6.45, 7) is 0.181. The largest absolute Gasteiger partial charge is 0.491 e. The molecule has 0 aromatic heterocycles. The van der Waals surface area contributed by atoms with Crippen LogP contribution in [-0.4, -0.2) is 12.5 Å². The molecule has 0 spiro atoms. The van der Waals surface area contributed by atoms with Gasteiger partial charge in [-0.1, -0.05) is 23.2 Å². The molecule has 4 nitrogen and oxygen atoms in total. The molecule has 1 aromatic rings. The minimum Gasteiger partial charge on any atom is -0.491 e. The van der Waals surface area contributed by atoms with E-state index in [-0.39, 0.29) is 18.9 Å². The van der Waals surface area contributed by atoms with Crippen LogP contribution >= 0.6 is 39.1 Å². The number of nitrogens with two attached hydrogens (primary N) is 1. The van der Waals surface area contributed by atoms with Gasteiger partial charge in [-0.2, -0.15) is 0 Å². The topological polar surface area (TPSA) is 64.3 Å². The van der Waals surface area contributed by atoms with Gasteiger partial charge < -0.3 is 4.74 Å². The van der Waals surface area contributed by atoms with E-state index in [1.165, 1.54) is 0 Å². The van der Waals surface area contributed by atoms with Crippen molar-refractivity contribution in [2.24, 2.45) is 5.84 Å². The van der Waals surface area contributed by atoms with Gasteiger partial charge in [0.05, 0.1) is 23.1 Å². The van der Waals surface area contributed by atoms with Crippen molar-refractivity contribution in [3.63, 3.8) is 0 Å². The van der Waals surface area contributed by atoms with Crippen molar-refractivity contribution in [2.75, 3.05) is 6.61 Å². The Balaban J connectivity index is 2.60. The number of benzene rings is 1. The van der Waals surface area contributed by atoms with Crippen LogP contribution in [0.5, 0.6) is 5.75 Å². The number of ether oxygens (including phenoxy) is 1. The van der Waals surface area contributed by atoms with E-state index in [2.05, 4.69) is 15.9 Å². The summed E-state index contributed by atoms with van der Waals surface area (Å²) in [6.07, 6.45) is 0.153. The summed E-state index contributed by atoms with van der Waals surface area (Å²) in [5.74, 6) is 5.04. The van der Waals surface area contributed by atoms with Crippen molar-refractivity contribution in [1.82, 2.24) is 5.43 Å². The predicted molar refractivity (Wildman–Crippen MR) is 66.6 cm³/mol. The molecule has 7 heteroatoms. The zero-order valence-electron chi connectivity index (χ0n) is 8.10. The monoisotopic (exact) mass is 326 g/mol. The minimum absolute atomic E-state index is 0.153. The Morgan fingerprint density at radius 3 is 2.75 bits per heavy atom. The number of amides is 1. The van der Waals surface area contributed by atoms with Gasteiger partial charge in [0.2, 0.25) is 5.91 Å². The lowest BCUT2D eigenvalue weighted by Crippen LogP contribution is -2.31. The zero-order valence-corrected chi connectivity index (χ0v) is 11.2. The van der Waals surface area contributed by atoms with Crippen molar-refractivity contribution in [3.8, 4) is 5.75 Å². The van der Waals surface area contributed by atoms with Crippen molar-refractivity contribution >= 4 is 45.0 Å². The number of rotatable bonds is 4. The third-order valence-electron chi connectivity index (χ3n) is 1.72. The first-order valence-corrected chi connectivity index (χ1v) is 5.86. The lowest BCUT2D eigenvalue weighted by atomic mass is 10.3. The summed E-state index contributed by atoms with van der Waals surface area (Å²) >= 11 is 15.0. The van der Waals surface area contributed by atoms with Gasteiger partial charge in [0.25, 0.3) is 0 Å². The molecular formula is C9H9BrCl2N2O2. The Hall–Kier alpha value is -0.490. The van der Waals surface area contributed by atoms with Crippen LogP contribution < -0.4 is 16.0 Å². The summed E-state index contributed by atoms with van der Waals surface area (Å²) < 4.78 is 5.98. The average molecular weight is 328 g/mol. The molecule has 0 atom stereocenters. The molecule has 1 amide bonds. The quantitative estimate of drug-likeness (QED) is 0.386. The van der Waals surface area contributed by atoms with Crippen molar-refractivity contribution in [3.05, 3.63) is 26.7 Å². The molecule has 0 heterocycles. The average Bonchev–Trinajstić information content (AvgIpc) is 2.25. The van der Waals surface area contributed by atoms with Gasteiger partial charge in [0.15, 0.2) is 0 Å². The van der Waals surface area contributed by atoms with Gasteiger partial charge in [-0.15, -0.1) is 0 Å². The maximum atomic E-state index is 10.8. The molecule has 16 heavy (non-hydrogen) atoms. The number of hydrogen-bond donors (Lipinski definition) is 2. The number of carbonyl (C=O) groups is 1. The van der Waals surface area contributed by atoms with Crippen molar-refractivity contribution in [1.29, 1.82) is 0 Å². The van der Waals surface area contributed by atoms with Crippen LogP contribution in [0.2, 0.25) is 10.0 Å². The first-order valence-electron chi connectivity index (χ1n) is 4.31. The third kappa shape index (κ3) is 3.83. The number of carbonyl (C=O) groups excluding carboxylic acids is 1. The van der Waals surface area contributed by atoms with E-state index in [4.69, 9.17) is 33.8 Å². The molecule has 0 radical (unpaired) electrons. The third-order valence-corrected chi connectivity index (χ3v) is 3.21. The molecule has 0 saturated heterocycles. The van der Waals surface area contributed by atoms with E-state index in [0.717, 1.165) is 0 Å². The maximum absolute atomic E-state index is 10.8. The molecule has 3 N–H and O–H groups in total. The Bertz CT molecular complexity index is 401. The Morgan fingerprint density at radius 2 is 2.12 bits per heavy atom. The standard InChI is InChI=1S/C9H9BrCl2N2O2/c10-5-3-7(12)8(4-6(5)11)16-2-1-9(15)14-13/h3-4H,1-2,13H2,(H,14,15). The fourth-order valence-electron chi connectivity index (χ4n) is 0.941. The molecule has 88 valence electrons. The Labute approximate surface area is 111 Å². The van der Waals surface area contributed by atoms with Gasteiger partial charge in [-0.25, -0.2) is 5.84 Å². The van der Waals surface area contributed by atoms with E-state index >= 15 is 0 Å². The highest BCUT2D eigenvalue weighted by molar-refractivity contribution is 9.10. The van der Waals surface area contributed by atoms with Gasteiger partial charge in [0, 0.05) is 10.5 Å². The molecule has 0 fully saturated rings. The summed E-state index contributed by atoms with van der Waals surface area (Å²) in [6, 6.07) is 3.20. The fraction of sp³-hybridized carbons (Fsp3) is 0.222. The molecule has 1 rings (SSSR count). The molecule has 0 bridgehead atoms. The molecular weight excluding hydrogens is 319 g/mol. The van der Waals surface area contributed by atoms with E-state index in [9.17, 15) is 4.79 Å². The smallest absolute Gasteiger partial charge is 0.237 e. The van der Waals surface area contributed by atoms with Crippen LogP contribution in [0, 0.1) is 0 Å². The minimum atomic E-state index is -0.306. The first-order chi connectivity index (χ1) is 7.54. The number of nitrogens with one attached hydrogen (secondary N) is 1. The lowest BCUT2D eigenvalue weighted by Gasteiger charge is -2.08. The second-order valence-corrected chi connectivity index (χ2v) is 4.53. The second-order valence-electron chi connectivity index (χ2n) is 2.86. The number of halogens is 3. The number of hydrazine groups is 1. The lowest BCUT2D eigenvalue weighted by molar-refractivity contribution is -0.121. The molecule has 0 saturated carbocycles. The fourth-order valence-corrected chi connectivity index (χ4v) is 1.79. The molecule has 1 aromatic carbocycles. The van der Waals surface area contributed by atoms with Crippen LogP contribution in [0.4, 0.5) is 0 Å². The summed E-state index contributed by atoms with van der Waals surface area (Å²) in [7, 11) is 0. The van der Waals surface area contributed by atoms with Gasteiger partial charge in [-0.05, 0) is 22.0 Å². The number of hydrogen-bond acceptors (Lipinski definition) is 3. The molecule has 0 unspecified atom stereocenters. The Kier molecular flexibility index (Phi) is 5.34. The first kappa shape index (κ1) is 13.6. The van der Waals surface area contributed by atoms with Crippen LogP contribution in [0.15, 0.2) is 16.6 Å². The van der Waals surface area contributed by atoms with Gasteiger partial charge >= 0.3 is 0 Å². The van der Waals surface area contributed by atoms with Crippen LogP contribution in [0.3, 0.4) is 0 Å². The Morgan fingerprint density at radius 1 is 1.44 bits per heavy atom. The second kappa shape index (κ2) is 6.30. The summed E-state index contributed by atoms with van der Waals surface area (Å²) in [5, 5.41) is 0.909. The normalized spacial score (nSPS) is 10.0. The van der Waals surface area contributed by atoms with E-state index < -0.39 is 0 Å². The molecule has 0 aliphatic rings. The highest BCUT2D eigenvalue weighted by Crippen LogP contribution is 2.34. The summed E-state index contributed by atoms with van der Waals surface area (Å²) in [4.78, 5) is 10.8. The van der Waals surface area contributed by atoms with Crippen LogP contribution in [-0.2, 0) is 4.79 Å². The SMILES string of the molecule is NNC(=O)CCOc1cc(Cl)c(Br)cc1Cl. The van der Waals surface area contributed by atoms with Crippen LogP contribution in [0.25, 0.3) is 0 Å². The van der Waals surface area contributed by atoms with Crippen molar-refractivity contribution < 1.29 is 9.53 Å².